The quantitative estimate of drug-likeness (QED) is 0.748. The number of carboxylic acid groups (broad SMARTS) is 1. The first-order valence-corrected chi connectivity index (χ1v) is 6.90. The Morgan fingerprint density at radius 1 is 1.32 bits per heavy atom. The Kier molecular flexibility index (Phi) is 6.75. The highest BCUT2D eigenvalue weighted by Crippen LogP contribution is 2.18. The second-order valence-corrected chi connectivity index (χ2v) is 5.04. The van der Waals surface area contributed by atoms with Gasteiger partial charge in [-0.15, -0.1) is 0 Å². The van der Waals surface area contributed by atoms with E-state index < -0.39 is 17.6 Å². The molecular formula is C15H19F2NO4. The number of hydrogen-bond donors (Lipinski definition) is 1. The minimum Gasteiger partial charge on any atom is -0.491 e. The van der Waals surface area contributed by atoms with Crippen LogP contribution >= 0.6 is 0 Å². The zero-order valence-electron chi connectivity index (χ0n) is 12.5. The number of ether oxygens (including phenoxy) is 1. The SMILES string of the molecule is CC(C)N(CC(=O)O)C(=O)CCCOc1ccc(F)cc1F. The van der Waals surface area contributed by atoms with Crippen LogP contribution in [0, 0.1) is 11.6 Å². The Bertz CT molecular complexity index is 534. The summed E-state index contributed by atoms with van der Waals surface area (Å²) in [7, 11) is 0. The zero-order chi connectivity index (χ0) is 16.7. The van der Waals surface area contributed by atoms with Crippen LogP contribution in [0.5, 0.6) is 5.75 Å². The van der Waals surface area contributed by atoms with Gasteiger partial charge in [0.1, 0.15) is 12.4 Å². The van der Waals surface area contributed by atoms with Gasteiger partial charge in [-0.25, -0.2) is 8.78 Å². The van der Waals surface area contributed by atoms with Gasteiger partial charge in [0.05, 0.1) is 6.61 Å². The molecule has 0 spiro atoms. The van der Waals surface area contributed by atoms with Gasteiger partial charge < -0.3 is 14.7 Å². The fraction of sp³-hybridized carbons (Fsp3) is 0.467. The van der Waals surface area contributed by atoms with Crippen molar-refractivity contribution in [2.75, 3.05) is 13.2 Å². The lowest BCUT2D eigenvalue weighted by molar-refractivity contribution is -0.145. The standard InChI is InChI=1S/C15H19F2NO4/c1-10(2)18(9-15(20)21)14(19)4-3-7-22-13-6-5-11(16)8-12(13)17/h5-6,8,10H,3-4,7,9H2,1-2H3,(H,20,21). The Morgan fingerprint density at radius 3 is 2.55 bits per heavy atom. The number of benzene rings is 1. The predicted molar refractivity (Wildman–Crippen MR) is 75.6 cm³/mol. The molecule has 1 aromatic carbocycles. The second-order valence-electron chi connectivity index (χ2n) is 5.04. The van der Waals surface area contributed by atoms with Gasteiger partial charge in [-0.2, -0.15) is 0 Å². The van der Waals surface area contributed by atoms with Gasteiger partial charge in [0.2, 0.25) is 5.91 Å². The summed E-state index contributed by atoms with van der Waals surface area (Å²) in [6.07, 6.45) is 0.396. The summed E-state index contributed by atoms with van der Waals surface area (Å²) < 4.78 is 31.2. The summed E-state index contributed by atoms with van der Waals surface area (Å²) in [5, 5.41) is 8.76. The molecule has 0 radical (unpaired) electrons. The van der Waals surface area contributed by atoms with Gasteiger partial charge in [-0.1, -0.05) is 0 Å². The van der Waals surface area contributed by atoms with Crippen LogP contribution < -0.4 is 4.74 Å². The van der Waals surface area contributed by atoms with E-state index in [4.69, 9.17) is 9.84 Å². The smallest absolute Gasteiger partial charge is 0.323 e. The van der Waals surface area contributed by atoms with Gasteiger partial charge in [0, 0.05) is 18.5 Å². The summed E-state index contributed by atoms with van der Waals surface area (Å²) in [6.45, 7) is 3.17. The van der Waals surface area contributed by atoms with Crippen LogP contribution in [-0.4, -0.2) is 41.1 Å². The average Bonchev–Trinajstić information content (AvgIpc) is 2.42. The number of amides is 1. The van der Waals surface area contributed by atoms with E-state index in [2.05, 4.69) is 0 Å². The molecule has 0 aliphatic heterocycles. The maximum atomic E-state index is 13.3. The second kappa shape index (κ2) is 8.31. The van der Waals surface area contributed by atoms with Crippen LogP contribution in [0.3, 0.4) is 0 Å². The van der Waals surface area contributed by atoms with Crippen LogP contribution in [0.25, 0.3) is 0 Å². The van der Waals surface area contributed by atoms with E-state index in [1.807, 2.05) is 0 Å². The number of carboxylic acids is 1. The van der Waals surface area contributed by atoms with Gasteiger partial charge in [0.25, 0.3) is 0 Å². The van der Waals surface area contributed by atoms with Crippen LogP contribution in [0.4, 0.5) is 8.78 Å². The van der Waals surface area contributed by atoms with Crippen molar-refractivity contribution in [3.8, 4) is 5.75 Å². The van der Waals surface area contributed by atoms with Crippen molar-refractivity contribution in [1.29, 1.82) is 0 Å². The van der Waals surface area contributed by atoms with E-state index in [1.165, 1.54) is 11.0 Å². The lowest BCUT2D eigenvalue weighted by Crippen LogP contribution is -2.40. The first kappa shape index (κ1) is 17.9. The highest BCUT2D eigenvalue weighted by molar-refractivity contribution is 5.81. The molecule has 0 aliphatic carbocycles. The van der Waals surface area contributed by atoms with Crippen molar-refractivity contribution < 1.29 is 28.2 Å². The van der Waals surface area contributed by atoms with Crippen molar-refractivity contribution >= 4 is 11.9 Å². The van der Waals surface area contributed by atoms with Crippen LogP contribution in [0.15, 0.2) is 18.2 Å². The van der Waals surface area contributed by atoms with Gasteiger partial charge >= 0.3 is 5.97 Å². The topological polar surface area (TPSA) is 66.8 Å². The Hall–Kier alpha value is -2.18. The van der Waals surface area contributed by atoms with Crippen molar-refractivity contribution in [2.45, 2.75) is 32.7 Å². The summed E-state index contributed by atoms with van der Waals surface area (Å²) in [5.74, 6) is -2.96. The number of rotatable bonds is 8. The molecule has 1 aromatic rings. The molecule has 0 aromatic heterocycles. The maximum Gasteiger partial charge on any atom is 0.323 e. The molecule has 0 atom stereocenters. The van der Waals surface area contributed by atoms with E-state index in [1.54, 1.807) is 13.8 Å². The molecule has 0 saturated carbocycles. The molecule has 0 fully saturated rings. The number of carbonyl (C=O) groups excluding carboxylic acids is 1. The molecule has 0 heterocycles. The van der Waals surface area contributed by atoms with Gasteiger partial charge in [0.15, 0.2) is 11.6 Å². The summed E-state index contributed by atoms with van der Waals surface area (Å²) >= 11 is 0. The molecule has 5 nitrogen and oxygen atoms in total. The molecule has 122 valence electrons. The van der Waals surface area contributed by atoms with Crippen molar-refractivity contribution in [1.82, 2.24) is 4.90 Å². The largest absolute Gasteiger partial charge is 0.491 e. The first-order chi connectivity index (χ1) is 10.3. The number of nitrogens with zero attached hydrogens (tertiary/aromatic N) is 1. The molecule has 0 saturated heterocycles. The highest BCUT2D eigenvalue weighted by Gasteiger charge is 2.19. The third kappa shape index (κ3) is 5.67. The minimum atomic E-state index is -1.08. The minimum absolute atomic E-state index is 0.0767. The lowest BCUT2D eigenvalue weighted by atomic mass is 10.2. The van der Waals surface area contributed by atoms with E-state index in [-0.39, 0.29) is 37.3 Å². The molecule has 1 N–H and O–H groups in total. The number of aliphatic carboxylic acids is 1. The number of carbonyl (C=O) groups is 2. The molecule has 7 heteroatoms. The third-order valence-electron chi connectivity index (χ3n) is 2.94. The van der Waals surface area contributed by atoms with Crippen LogP contribution in [-0.2, 0) is 9.59 Å². The Labute approximate surface area is 127 Å². The third-order valence-corrected chi connectivity index (χ3v) is 2.94. The summed E-state index contributed by atoms with van der Waals surface area (Å²) in [6, 6.07) is 2.75. The summed E-state index contributed by atoms with van der Waals surface area (Å²) in [4.78, 5) is 23.9. The zero-order valence-corrected chi connectivity index (χ0v) is 12.5. The predicted octanol–water partition coefficient (Wildman–Crippen LogP) is 2.45. The molecule has 0 aliphatic rings. The monoisotopic (exact) mass is 315 g/mol. The van der Waals surface area contributed by atoms with Gasteiger partial charge in [-0.05, 0) is 32.4 Å². The van der Waals surface area contributed by atoms with Gasteiger partial charge in [-0.3, -0.25) is 9.59 Å². The van der Waals surface area contributed by atoms with E-state index in [0.29, 0.717) is 12.5 Å². The van der Waals surface area contributed by atoms with Crippen molar-refractivity contribution in [3.05, 3.63) is 29.8 Å². The Balaban J connectivity index is 2.42. The molecule has 1 rings (SSSR count). The fourth-order valence-electron chi connectivity index (χ4n) is 1.85. The molecule has 0 unspecified atom stereocenters. The number of halogens is 2. The lowest BCUT2D eigenvalue weighted by Gasteiger charge is -2.24. The van der Waals surface area contributed by atoms with E-state index in [0.717, 1.165) is 6.07 Å². The Morgan fingerprint density at radius 2 is 2.00 bits per heavy atom. The highest BCUT2D eigenvalue weighted by atomic mass is 19.1. The van der Waals surface area contributed by atoms with Crippen LogP contribution in [0.1, 0.15) is 26.7 Å². The fourth-order valence-corrected chi connectivity index (χ4v) is 1.85. The molecular weight excluding hydrogens is 296 g/mol. The first-order valence-electron chi connectivity index (χ1n) is 6.90. The summed E-state index contributed by atoms with van der Waals surface area (Å²) in [5.41, 5.74) is 0. The van der Waals surface area contributed by atoms with Crippen LogP contribution in [0.2, 0.25) is 0 Å². The number of hydrogen-bond acceptors (Lipinski definition) is 3. The van der Waals surface area contributed by atoms with E-state index >= 15 is 0 Å². The maximum absolute atomic E-state index is 13.3. The van der Waals surface area contributed by atoms with Crippen molar-refractivity contribution in [2.24, 2.45) is 0 Å². The average molecular weight is 315 g/mol. The van der Waals surface area contributed by atoms with Crippen molar-refractivity contribution in [3.63, 3.8) is 0 Å². The molecule has 1 amide bonds. The van der Waals surface area contributed by atoms with E-state index in [9.17, 15) is 18.4 Å². The normalized spacial score (nSPS) is 10.6. The molecule has 0 bridgehead atoms. The molecule has 22 heavy (non-hydrogen) atoms.